The number of hydrogen-bond acceptors (Lipinski definition) is 4. The predicted molar refractivity (Wildman–Crippen MR) is 91.4 cm³/mol. The number of rotatable bonds is 2. The summed E-state index contributed by atoms with van der Waals surface area (Å²) in [5, 5.41) is 11.6. The second-order valence-electron chi connectivity index (χ2n) is 6.15. The van der Waals surface area contributed by atoms with Crippen molar-refractivity contribution in [2.45, 2.75) is 37.0 Å². The van der Waals surface area contributed by atoms with Gasteiger partial charge in [-0.1, -0.05) is 43.2 Å². The lowest BCUT2D eigenvalue weighted by molar-refractivity contribution is 0.0641. The molecule has 1 aliphatic carbocycles. The Morgan fingerprint density at radius 3 is 2.87 bits per heavy atom. The van der Waals surface area contributed by atoms with Gasteiger partial charge in [0.2, 0.25) is 0 Å². The van der Waals surface area contributed by atoms with Crippen molar-refractivity contribution < 1.29 is 4.79 Å². The van der Waals surface area contributed by atoms with Crippen molar-refractivity contribution in [1.29, 1.82) is 0 Å². The lowest BCUT2D eigenvalue weighted by Crippen LogP contribution is -2.51. The first-order valence-corrected chi connectivity index (χ1v) is 9.28. The Labute approximate surface area is 139 Å². The van der Waals surface area contributed by atoms with E-state index in [0.29, 0.717) is 22.7 Å². The normalized spacial score (nSPS) is 24.3. The summed E-state index contributed by atoms with van der Waals surface area (Å²) in [5.41, 5.74) is 2.03. The van der Waals surface area contributed by atoms with E-state index in [1.165, 1.54) is 19.3 Å². The van der Waals surface area contributed by atoms with Crippen LogP contribution in [0.5, 0.6) is 0 Å². The molecule has 5 nitrogen and oxygen atoms in total. The van der Waals surface area contributed by atoms with Gasteiger partial charge in [-0.15, -0.1) is 0 Å². The predicted octanol–water partition coefficient (Wildman–Crippen LogP) is 2.97. The molecule has 6 heteroatoms. The van der Waals surface area contributed by atoms with Crippen molar-refractivity contribution in [1.82, 2.24) is 20.3 Å². The minimum atomic E-state index is 0.0230. The zero-order chi connectivity index (χ0) is 15.6. The van der Waals surface area contributed by atoms with Gasteiger partial charge in [-0.25, -0.2) is 0 Å². The first-order valence-electron chi connectivity index (χ1n) is 8.23. The number of H-pyrrole nitrogens is 1. The standard InChI is InChI=1S/C17H20N4OS/c22-17(21-10-11-23-14-9-5-4-8-13(14)21)16-15(18-20-19-16)12-6-2-1-3-7-12/h1-3,6-7,13-14H,4-5,8-11H2,(H,18,19,20)/t13-,14-/m1/s1. The third-order valence-electron chi connectivity index (χ3n) is 4.79. The van der Waals surface area contributed by atoms with Crippen LogP contribution in [0.4, 0.5) is 0 Å². The van der Waals surface area contributed by atoms with Gasteiger partial charge in [-0.2, -0.15) is 27.2 Å². The van der Waals surface area contributed by atoms with E-state index in [4.69, 9.17) is 0 Å². The maximum absolute atomic E-state index is 13.1. The molecule has 2 fully saturated rings. The second kappa shape index (κ2) is 6.35. The molecule has 1 aliphatic heterocycles. The Kier molecular flexibility index (Phi) is 4.08. The highest BCUT2D eigenvalue weighted by atomic mass is 32.2. The van der Waals surface area contributed by atoms with E-state index in [0.717, 1.165) is 24.3 Å². The number of nitrogens with zero attached hydrogens (tertiary/aromatic N) is 3. The number of benzene rings is 1. The number of carbonyl (C=O) groups excluding carboxylic acids is 1. The second-order valence-corrected chi connectivity index (χ2v) is 7.49. The monoisotopic (exact) mass is 328 g/mol. The van der Waals surface area contributed by atoms with Crippen LogP contribution in [0.3, 0.4) is 0 Å². The van der Waals surface area contributed by atoms with Crippen LogP contribution in [-0.4, -0.2) is 49.8 Å². The summed E-state index contributed by atoms with van der Waals surface area (Å²) in [5.74, 6) is 1.04. The Morgan fingerprint density at radius 1 is 1.17 bits per heavy atom. The van der Waals surface area contributed by atoms with Gasteiger partial charge in [0.15, 0.2) is 5.69 Å². The lowest BCUT2D eigenvalue weighted by atomic mass is 9.93. The fourth-order valence-electron chi connectivity index (χ4n) is 3.66. The molecule has 1 amide bonds. The minimum absolute atomic E-state index is 0.0230. The molecule has 0 bridgehead atoms. The molecule has 1 aromatic heterocycles. The number of amides is 1. The van der Waals surface area contributed by atoms with E-state index >= 15 is 0 Å². The zero-order valence-electron chi connectivity index (χ0n) is 12.9. The Hall–Kier alpha value is -1.82. The molecule has 1 saturated carbocycles. The van der Waals surface area contributed by atoms with Gasteiger partial charge in [0, 0.05) is 29.2 Å². The van der Waals surface area contributed by atoms with Gasteiger partial charge >= 0.3 is 0 Å². The van der Waals surface area contributed by atoms with Gasteiger partial charge in [0.25, 0.3) is 5.91 Å². The molecule has 2 heterocycles. The molecule has 1 saturated heterocycles. The minimum Gasteiger partial charge on any atom is -0.332 e. The van der Waals surface area contributed by atoms with Crippen LogP contribution in [0, 0.1) is 0 Å². The summed E-state index contributed by atoms with van der Waals surface area (Å²) in [6.07, 6.45) is 4.84. The van der Waals surface area contributed by atoms with Crippen molar-refractivity contribution in [3.05, 3.63) is 36.0 Å². The van der Waals surface area contributed by atoms with Gasteiger partial charge < -0.3 is 4.90 Å². The molecule has 2 aliphatic rings. The molecule has 0 radical (unpaired) electrons. The van der Waals surface area contributed by atoms with Crippen LogP contribution in [0.25, 0.3) is 11.3 Å². The number of hydrogen-bond donors (Lipinski definition) is 1. The van der Waals surface area contributed by atoms with Crippen molar-refractivity contribution in [2.24, 2.45) is 0 Å². The molecule has 1 aromatic carbocycles. The number of aromatic amines is 1. The topological polar surface area (TPSA) is 61.9 Å². The van der Waals surface area contributed by atoms with Crippen LogP contribution in [0.15, 0.2) is 30.3 Å². The van der Waals surface area contributed by atoms with Crippen LogP contribution >= 0.6 is 11.8 Å². The van der Waals surface area contributed by atoms with E-state index < -0.39 is 0 Å². The molecule has 0 spiro atoms. The average Bonchev–Trinajstić information content (AvgIpc) is 3.11. The number of carbonyl (C=O) groups is 1. The van der Waals surface area contributed by atoms with Gasteiger partial charge in [-0.3, -0.25) is 4.79 Å². The maximum Gasteiger partial charge on any atom is 0.277 e. The Balaban J connectivity index is 1.63. The SMILES string of the molecule is O=C(c1n[nH]nc1-c1ccccc1)N1CCS[C@@H]2CCCC[C@H]21. The number of fused-ring (bicyclic) bond motifs is 1. The molecular formula is C17H20N4OS. The third kappa shape index (κ3) is 2.76. The summed E-state index contributed by atoms with van der Waals surface area (Å²) in [6.45, 7) is 0.811. The average molecular weight is 328 g/mol. The number of nitrogens with one attached hydrogen (secondary N) is 1. The van der Waals surface area contributed by atoms with Gasteiger partial charge in [-0.05, 0) is 12.8 Å². The summed E-state index contributed by atoms with van der Waals surface area (Å²) in [7, 11) is 0. The maximum atomic E-state index is 13.1. The molecule has 2 aromatic rings. The summed E-state index contributed by atoms with van der Waals surface area (Å²) in [4.78, 5) is 15.2. The van der Waals surface area contributed by atoms with Crippen LogP contribution in [0.1, 0.15) is 36.2 Å². The smallest absolute Gasteiger partial charge is 0.277 e. The first kappa shape index (κ1) is 14.8. The van der Waals surface area contributed by atoms with Crippen LogP contribution < -0.4 is 0 Å². The quantitative estimate of drug-likeness (QED) is 0.920. The van der Waals surface area contributed by atoms with Crippen molar-refractivity contribution >= 4 is 17.7 Å². The van der Waals surface area contributed by atoms with Crippen molar-refractivity contribution in [3.63, 3.8) is 0 Å². The van der Waals surface area contributed by atoms with Crippen molar-refractivity contribution in [3.8, 4) is 11.3 Å². The van der Waals surface area contributed by atoms with Crippen LogP contribution in [-0.2, 0) is 0 Å². The lowest BCUT2D eigenvalue weighted by Gasteiger charge is -2.43. The molecule has 1 N–H and O–H groups in total. The van der Waals surface area contributed by atoms with Crippen molar-refractivity contribution in [2.75, 3.05) is 12.3 Å². The molecule has 23 heavy (non-hydrogen) atoms. The molecule has 2 atom stereocenters. The molecular weight excluding hydrogens is 308 g/mol. The van der Waals surface area contributed by atoms with Crippen LogP contribution in [0.2, 0.25) is 0 Å². The molecule has 4 rings (SSSR count). The molecule has 0 unspecified atom stereocenters. The van der Waals surface area contributed by atoms with E-state index in [2.05, 4.69) is 15.4 Å². The van der Waals surface area contributed by atoms with E-state index in [1.807, 2.05) is 47.0 Å². The third-order valence-corrected chi connectivity index (χ3v) is 6.19. The summed E-state index contributed by atoms with van der Waals surface area (Å²) < 4.78 is 0. The van der Waals surface area contributed by atoms with E-state index in [-0.39, 0.29) is 5.91 Å². The molecule has 120 valence electrons. The first-order chi connectivity index (χ1) is 11.3. The van der Waals surface area contributed by atoms with Gasteiger partial charge in [0.1, 0.15) is 5.69 Å². The highest BCUT2D eigenvalue weighted by Gasteiger charge is 2.38. The Bertz CT molecular complexity index is 685. The highest BCUT2D eigenvalue weighted by molar-refractivity contribution is 8.00. The summed E-state index contributed by atoms with van der Waals surface area (Å²) in [6, 6.07) is 10.1. The number of thioether (sulfide) groups is 1. The fraction of sp³-hybridized carbons (Fsp3) is 0.471. The van der Waals surface area contributed by atoms with E-state index in [1.54, 1.807) is 0 Å². The largest absolute Gasteiger partial charge is 0.332 e. The van der Waals surface area contributed by atoms with Gasteiger partial charge in [0.05, 0.1) is 0 Å². The highest BCUT2D eigenvalue weighted by Crippen LogP contribution is 2.36. The summed E-state index contributed by atoms with van der Waals surface area (Å²) >= 11 is 2.03. The zero-order valence-corrected chi connectivity index (χ0v) is 13.8. The Morgan fingerprint density at radius 2 is 2.00 bits per heavy atom. The number of aromatic nitrogens is 3. The van der Waals surface area contributed by atoms with E-state index in [9.17, 15) is 4.79 Å². The fourth-order valence-corrected chi connectivity index (χ4v) is 5.11.